The number of rotatable bonds is 2. The first-order chi connectivity index (χ1) is 13.7. The predicted molar refractivity (Wildman–Crippen MR) is 105 cm³/mol. The molecule has 0 unspecified atom stereocenters. The summed E-state index contributed by atoms with van der Waals surface area (Å²) in [5.74, 6) is 0.109. The molecule has 0 bridgehead atoms. The number of hydrogen-bond donors (Lipinski definition) is 0. The number of ether oxygens (including phenoxy) is 2. The average molecular weight is 380 g/mol. The largest absolute Gasteiger partial charge is 0.347 e. The molecule has 5 rings (SSSR count). The van der Waals surface area contributed by atoms with Crippen LogP contribution >= 0.6 is 0 Å². The minimum atomic E-state index is -0.429. The Hall–Kier alpha value is -2.51. The molecule has 7 nitrogen and oxygen atoms in total. The highest BCUT2D eigenvalue weighted by atomic mass is 16.7. The molecular weight excluding hydrogens is 356 g/mol. The number of anilines is 2. The molecular formula is C21H24N4O3. The predicted octanol–water partition coefficient (Wildman–Crippen LogP) is 2.41. The number of aryl methyl sites for hydroxylation is 1. The standard InChI is InChI=1S/C21H24N4O3/c26-19(25-11-3-5-16-4-1-2-6-18(16)25)17-7-10-22-20(23-17)24-12-8-21(9-13-24)27-14-15-28-21/h1-2,4,6-7,10H,3,5,8-9,11-15H2. The molecule has 1 amide bonds. The second-order valence-corrected chi connectivity index (χ2v) is 7.53. The van der Waals surface area contributed by atoms with Gasteiger partial charge in [0.2, 0.25) is 5.95 Å². The summed E-state index contributed by atoms with van der Waals surface area (Å²) >= 11 is 0. The van der Waals surface area contributed by atoms with Crippen molar-refractivity contribution in [1.82, 2.24) is 9.97 Å². The molecule has 7 heteroatoms. The molecule has 2 aromatic rings. The highest BCUT2D eigenvalue weighted by Gasteiger charge is 2.40. The Morgan fingerprint density at radius 1 is 1.04 bits per heavy atom. The van der Waals surface area contributed by atoms with Gasteiger partial charge in [-0.3, -0.25) is 4.79 Å². The summed E-state index contributed by atoms with van der Waals surface area (Å²) in [4.78, 5) is 26.1. The van der Waals surface area contributed by atoms with Gasteiger partial charge in [-0.15, -0.1) is 0 Å². The van der Waals surface area contributed by atoms with Gasteiger partial charge in [-0.25, -0.2) is 9.97 Å². The Balaban J connectivity index is 1.34. The molecule has 3 aliphatic heterocycles. The van der Waals surface area contributed by atoms with Crippen LogP contribution in [0.25, 0.3) is 0 Å². The third-order valence-electron chi connectivity index (χ3n) is 5.84. The summed E-state index contributed by atoms with van der Waals surface area (Å²) in [6.45, 7) is 3.56. The van der Waals surface area contributed by atoms with Gasteiger partial charge in [-0.05, 0) is 30.5 Å². The molecule has 2 saturated heterocycles. The molecule has 3 aliphatic rings. The van der Waals surface area contributed by atoms with E-state index in [4.69, 9.17) is 9.47 Å². The van der Waals surface area contributed by atoms with E-state index in [0.717, 1.165) is 51.0 Å². The van der Waals surface area contributed by atoms with Crippen LogP contribution in [0.1, 0.15) is 35.3 Å². The molecule has 0 N–H and O–H groups in total. The van der Waals surface area contributed by atoms with Crippen LogP contribution in [0.15, 0.2) is 36.5 Å². The number of aromatic nitrogens is 2. The van der Waals surface area contributed by atoms with Gasteiger partial charge >= 0.3 is 0 Å². The first kappa shape index (κ1) is 17.6. The van der Waals surface area contributed by atoms with Crippen LogP contribution in [-0.4, -0.2) is 54.5 Å². The summed E-state index contributed by atoms with van der Waals surface area (Å²) in [6, 6.07) is 9.82. The second-order valence-electron chi connectivity index (χ2n) is 7.53. The van der Waals surface area contributed by atoms with Crippen molar-refractivity contribution >= 4 is 17.5 Å². The molecule has 1 aromatic heterocycles. The first-order valence-corrected chi connectivity index (χ1v) is 10.00. The van der Waals surface area contributed by atoms with E-state index in [0.29, 0.717) is 24.9 Å². The maximum Gasteiger partial charge on any atom is 0.277 e. The number of piperidine rings is 1. The van der Waals surface area contributed by atoms with E-state index in [-0.39, 0.29) is 5.91 Å². The number of carbonyl (C=O) groups excluding carboxylic acids is 1. The van der Waals surface area contributed by atoms with Crippen molar-refractivity contribution in [3.05, 3.63) is 47.8 Å². The van der Waals surface area contributed by atoms with Crippen LogP contribution in [0.2, 0.25) is 0 Å². The maximum atomic E-state index is 13.2. The number of nitrogens with zero attached hydrogens (tertiary/aromatic N) is 4. The fraction of sp³-hybridized carbons (Fsp3) is 0.476. The lowest BCUT2D eigenvalue weighted by molar-refractivity contribution is -0.169. The fourth-order valence-corrected chi connectivity index (χ4v) is 4.34. The zero-order chi connectivity index (χ0) is 19.0. The van der Waals surface area contributed by atoms with Crippen molar-refractivity contribution < 1.29 is 14.3 Å². The molecule has 1 spiro atoms. The van der Waals surface area contributed by atoms with Gasteiger partial charge in [0.15, 0.2) is 5.79 Å². The van der Waals surface area contributed by atoms with Crippen molar-refractivity contribution in [2.45, 2.75) is 31.5 Å². The minimum absolute atomic E-state index is 0.0632. The average Bonchev–Trinajstić information content (AvgIpc) is 3.21. The Bertz CT molecular complexity index is 871. The number of carbonyl (C=O) groups is 1. The quantitative estimate of drug-likeness (QED) is 0.797. The van der Waals surface area contributed by atoms with E-state index in [2.05, 4.69) is 20.9 Å². The number of hydrogen-bond acceptors (Lipinski definition) is 6. The first-order valence-electron chi connectivity index (χ1n) is 10.00. The number of fused-ring (bicyclic) bond motifs is 1. The van der Waals surface area contributed by atoms with Gasteiger partial charge in [-0.1, -0.05) is 18.2 Å². The van der Waals surface area contributed by atoms with Crippen LogP contribution < -0.4 is 9.80 Å². The van der Waals surface area contributed by atoms with Crippen molar-refractivity contribution in [2.24, 2.45) is 0 Å². The lowest BCUT2D eigenvalue weighted by Gasteiger charge is -2.37. The topological polar surface area (TPSA) is 67.8 Å². The third kappa shape index (κ3) is 3.14. The highest BCUT2D eigenvalue weighted by molar-refractivity contribution is 6.05. The molecule has 28 heavy (non-hydrogen) atoms. The van der Waals surface area contributed by atoms with Crippen molar-refractivity contribution in [3.8, 4) is 0 Å². The monoisotopic (exact) mass is 380 g/mol. The van der Waals surface area contributed by atoms with E-state index in [1.807, 2.05) is 23.1 Å². The Kier molecular flexibility index (Phi) is 4.49. The number of benzene rings is 1. The second kappa shape index (κ2) is 7.14. The van der Waals surface area contributed by atoms with Gasteiger partial charge in [-0.2, -0.15) is 0 Å². The highest BCUT2D eigenvalue weighted by Crippen LogP contribution is 2.32. The van der Waals surface area contributed by atoms with Crippen LogP contribution in [0.4, 0.5) is 11.6 Å². The Morgan fingerprint density at radius 2 is 1.82 bits per heavy atom. The van der Waals surface area contributed by atoms with E-state index < -0.39 is 5.79 Å². The van der Waals surface area contributed by atoms with Gasteiger partial charge in [0.1, 0.15) is 5.69 Å². The Labute approximate surface area is 164 Å². The zero-order valence-electron chi connectivity index (χ0n) is 15.8. The van der Waals surface area contributed by atoms with E-state index >= 15 is 0 Å². The van der Waals surface area contributed by atoms with E-state index in [9.17, 15) is 4.79 Å². The molecule has 0 saturated carbocycles. The van der Waals surface area contributed by atoms with E-state index in [1.165, 1.54) is 5.56 Å². The SMILES string of the molecule is O=C(c1ccnc(N2CCC3(CC2)OCCO3)n1)N1CCCc2ccccc21. The smallest absolute Gasteiger partial charge is 0.277 e. The summed E-state index contributed by atoms with van der Waals surface area (Å²) in [5, 5.41) is 0. The lowest BCUT2D eigenvalue weighted by atomic mass is 10.0. The van der Waals surface area contributed by atoms with Gasteiger partial charge in [0, 0.05) is 44.4 Å². The number of amides is 1. The van der Waals surface area contributed by atoms with Crippen LogP contribution in [0.5, 0.6) is 0 Å². The summed E-state index contributed by atoms with van der Waals surface area (Å²) in [7, 11) is 0. The molecule has 0 atom stereocenters. The summed E-state index contributed by atoms with van der Waals surface area (Å²) in [6.07, 6.45) is 5.23. The van der Waals surface area contributed by atoms with Crippen molar-refractivity contribution in [1.29, 1.82) is 0 Å². The molecule has 1 aromatic carbocycles. The van der Waals surface area contributed by atoms with E-state index in [1.54, 1.807) is 12.3 Å². The van der Waals surface area contributed by atoms with Crippen molar-refractivity contribution in [2.75, 3.05) is 42.6 Å². The molecule has 2 fully saturated rings. The van der Waals surface area contributed by atoms with Crippen molar-refractivity contribution in [3.63, 3.8) is 0 Å². The molecule has 0 aliphatic carbocycles. The van der Waals surface area contributed by atoms with Crippen LogP contribution in [0.3, 0.4) is 0 Å². The fourth-order valence-electron chi connectivity index (χ4n) is 4.34. The van der Waals surface area contributed by atoms with Gasteiger partial charge in [0.25, 0.3) is 5.91 Å². The third-order valence-corrected chi connectivity index (χ3v) is 5.84. The maximum absolute atomic E-state index is 13.2. The summed E-state index contributed by atoms with van der Waals surface area (Å²) < 4.78 is 11.6. The van der Waals surface area contributed by atoms with Gasteiger partial charge in [0.05, 0.1) is 13.2 Å². The minimum Gasteiger partial charge on any atom is -0.347 e. The van der Waals surface area contributed by atoms with Gasteiger partial charge < -0.3 is 19.3 Å². The van der Waals surface area contributed by atoms with Crippen LogP contribution in [-0.2, 0) is 15.9 Å². The lowest BCUT2D eigenvalue weighted by Crippen LogP contribution is -2.46. The molecule has 0 radical (unpaired) electrons. The molecule has 4 heterocycles. The normalized spacial score (nSPS) is 21.0. The summed E-state index contributed by atoms with van der Waals surface area (Å²) in [5.41, 5.74) is 2.65. The number of para-hydroxylation sites is 1. The van der Waals surface area contributed by atoms with Crippen LogP contribution in [0, 0.1) is 0 Å². The zero-order valence-corrected chi connectivity index (χ0v) is 15.8. The molecule has 146 valence electrons. The Morgan fingerprint density at radius 3 is 2.64 bits per heavy atom.